The van der Waals surface area contributed by atoms with Gasteiger partial charge in [-0.2, -0.15) is 0 Å². The van der Waals surface area contributed by atoms with Gasteiger partial charge in [-0.15, -0.1) is 0 Å². The van der Waals surface area contributed by atoms with Crippen molar-refractivity contribution in [1.82, 2.24) is 20.1 Å². The van der Waals surface area contributed by atoms with Crippen molar-refractivity contribution in [1.29, 1.82) is 0 Å². The molecule has 3 heterocycles. The monoisotopic (exact) mass is 420 g/mol. The second-order valence-corrected chi connectivity index (χ2v) is 7.76. The first kappa shape index (κ1) is 20.7. The summed E-state index contributed by atoms with van der Waals surface area (Å²) in [7, 11) is 0. The van der Waals surface area contributed by atoms with Crippen LogP contribution in [0.3, 0.4) is 0 Å². The van der Waals surface area contributed by atoms with Gasteiger partial charge in [0.15, 0.2) is 0 Å². The zero-order chi connectivity index (χ0) is 21.8. The number of benzene rings is 1. The van der Waals surface area contributed by atoms with Gasteiger partial charge in [-0.05, 0) is 43.5 Å². The molecule has 0 unspecified atom stereocenters. The molecule has 4 amide bonds. The quantitative estimate of drug-likeness (QED) is 0.720. The SMILES string of the molecule is O=C(CCCN1C(=O)c2ccccc2C1=O)NC1CCN(C(=O)c2ccccn2)CC1. The highest BCUT2D eigenvalue weighted by atomic mass is 16.2. The minimum atomic E-state index is -0.300. The number of amides is 4. The van der Waals surface area contributed by atoms with E-state index in [1.807, 2.05) is 0 Å². The smallest absolute Gasteiger partial charge is 0.272 e. The van der Waals surface area contributed by atoms with Crippen LogP contribution in [0, 0.1) is 0 Å². The van der Waals surface area contributed by atoms with Crippen LogP contribution in [0.25, 0.3) is 0 Å². The standard InChI is InChI=1S/C23H24N4O4/c28-20(9-5-13-27-21(29)17-6-1-2-7-18(17)22(27)30)25-16-10-14-26(15-11-16)23(31)19-8-3-4-12-24-19/h1-4,6-8,12,16H,5,9-11,13-15H2,(H,25,28). The Morgan fingerprint density at radius 3 is 2.23 bits per heavy atom. The first-order valence-corrected chi connectivity index (χ1v) is 10.5. The van der Waals surface area contributed by atoms with Gasteiger partial charge in [0.25, 0.3) is 17.7 Å². The minimum absolute atomic E-state index is 0.0135. The van der Waals surface area contributed by atoms with Crippen LogP contribution in [0.1, 0.15) is 56.9 Å². The maximum atomic E-state index is 12.4. The highest BCUT2D eigenvalue weighted by molar-refractivity contribution is 6.21. The topological polar surface area (TPSA) is 99.7 Å². The Balaban J connectivity index is 1.19. The molecule has 1 aromatic carbocycles. The summed E-state index contributed by atoms with van der Waals surface area (Å²) in [6.45, 7) is 1.35. The fraction of sp³-hybridized carbons (Fsp3) is 0.348. The minimum Gasteiger partial charge on any atom is -0.353 e. The molecule has 0 radical (unpaired) electrons. The first-order chi connectivity index (χ1) is 15.0. The van der Waals surface area contributed by atoms with Crippen LogP contribution < -0.4 is 5.32 Å². The number of aromatic nitrogens is 1. The number of pyridine rings is 1. The summed E-state index contributed by atoms with van der Waals surface area (Å²) in [5.41, 5.74) is 1.27. The van der Waals surface area contributed by atoms with Gasteiger partial charge in [0.2, 0.25) is 5.91 Å². The molecule has 0 bridgehead atoms. The molecule has 160 valence electrons. The van der Waals surface area contributed by atoms with Crippen molar-refractivity contribution >= 4 is 23.6 Å². The average molecular weight is 420 g/mol. The summed E-state index contributed by atoms with van der Waals surface area (Å²) >= 11 is 0. The number of nitrogens with zero attached hydrogens (tertiary/aromatic N) is 3. The zero-order valence-electron chi connectivity index (χ0n) is 17.1. The summed E-state index contributed by atoms with van der Waals surface area (Å²) in [5, 5.41) is 3.00. The van der Waals surface area contributed by atoms with Gasteiger partial charge in [-0.1, -0.05) is 18.2 Å². The third-order valence-corrected chi connectivity index (χ3v) is 5.70. The third kappa shape index (κ3) is 4.47. The van der Waals surface area contributed by atoms with Crippen molar-refractivity contribution in [3.63, 3.8) is 0 Å². The van der Waals surface area contributed by atoms with Crippen LogP contribution in [-0.4, -0.2) is 64.1 Å². The number of carbonyl (C=O) groups excluding carboxylic acids is 4. The van der Waals surface area contributed by atoms with Gasteiger partial charge < -0.3 is 10.2 Å². The molecule has 8 nitrogen and oxygen atoms in total. The van der Waals surface area contributed by atoms with E-state index in [1.165, 1.54) is 4.90 Å². The molecule has 2 aliphatic heterocycles. The second kappa shape index (κ2) is 9.07. The van der Waals surface area contributed by atoms with Crippen molar-refractivity contribution in [3.8, 4) is 0 Å². The third-order valence-electron chi connectivity index (χ3n) is 5.70. The van der Waals surface area contributed by atoms with E-state index in [9.17, 15) is 19.2 Å². The number of imide groups is 1. The molecule has 0 atom stereocenters. The highest BCUT2D eigenvalue weighted by Gasteiger charge is 2.34. The average Bonchev–Trinajstić information content (AvgIpc) is 3.05. The molecule has 1 aromatic heterocycles. The van der Waals surface area contributed by atoms with Crippen LogP contribution in [0.2, 0.25) is 0 Å². The van der Waals surface area contributed by atoms with Crippen molar-refractivity contribution in [2.75, 3.05) is 19.6 Å². The van der Waals surface area contributed by atoms with E-state index in [4.69, 9.17) is 0 Å². The molecule has 1 fully saturated rings. The molecule has 0 aliphatic carbocycles. The van der Waals surface area contributed by atoms with Crippen LogP contribution in [0.5, 0.6) is 0 Å². The number of hydrogen-bond acceptors (Lipinski definition) is 5. The van der Waals surface area contributed by atoms with Crippen molar-refractivity contribution in [2.45, 2.75) is 31.7 Å². The molecule has 1 saturated heterocycles. The number of hydrogen-bond donors (Lipinski definition) is 1. The molecule has 31 heavy (non-hydrogen) atoms. The second-order valence-electron chi connectivity index (χ2n) is 7.76. The molecule has 2 aliphatic rings. The van der Waals surface area contributed by atoms with Gasteiger partial charge in [0.1, 0.15) is 5.69 Å². The normalized spacial score (nSPS) is 16.4. The zero-order valence-corrected chi connectivity index (χ0v) is 17.1. The van der Waals surface area contributed by atoms with Crippen molar-refractivity contribution < 1.29 is 19.2 Å². The molecule has 0 spiro atoms. The van der Waals surface area contributed by atoms with E-state index in [1.54, 1.807) is 53.6 Å². The number of carbonyl (C=O) groups is 4. The fourth-order valence-electron chi connectivity index (χ4n) is 4.02. The van der Waals surface area contributed by atoms with E-state index >= 15 is 0 Å². The predicted molar refractivity (Wildman–Crippen MR) is 112 cm³/mol. The number of piperidine rings is 1. The van der Waals surface area contributed by atoms with Gasteiger partial charge in [0, 0.05) is 38.3 Å². The largest absolute Gasteiger partial charge is 0.353 e. The Hall–Kier alpha value is -3.55. The van der Waals surface area contributed by atoms with Crippen molar-refractivity contribution in [2.24, 2.45) is 0 Å². The lowest BCUT2D eigenvalue weighted by atomic mass is 10.0. The van der Waals surface area contributed by atoms with Gasteiger partial charge >= 0.3 is 0 Å². The summed E-state index contributed by atoms with van der Waals surface area (Å²) in [6.07, 6.45) is 3.61. The van der Waals surface area contributed by atoms with Crippen LogP contribution in [0.4, 0.5) is 0 Å². The maximum absolute atomic E-state index is 12.4. The molecule has 0 saturated carbocycles. The highest BCUT2D eigenvalue weighted by Crippen LogP contribution is 2.22. The molecule has 2 aromatic rings. The van der Waals surface area contributed by atoms with Crippen LogP contribution >= 0.6 is 0 Å². The van der Waals surface area contributed by atoms with Gasteiger partial charge in [-0.3, -0.25) is 29.1 Å². The Labute approximate surface area is 180 Å². The summed E-state index contributed by atoms with van der Waals surface area (Å²) in [4.78, 5) is 56.5. The van der Waals surface area contributed by atoms with Crippen LogP contribution in [0.15, 0.2) is 48.7 Å². The molecular formula is C23H24N4O4. The lowest BCUT2D eigenvalue weighted by Gasteiger charge is -2.32. The summed E-state index contributed by atoms with van der Waals surface area (Å²) in [5.74, 6) is -0.797. The van der Waals surface area contributed by atoms with E-state index in [2.05, 4.69) is 10.3 Å². The number of likely N-dealkylation sites (tertiary alicyclic amines) is 1. The van der Waals surface area contributed by atoms with Crippen LogP contribution in [-0.2, 0) is 4.79 Å². The van der Waals surface area contributed by atoms with E-state index in [-0.39, 0.29) is 42.6 Å². The number of rotatable bonds is 6. The Morgan fingerprint density at radius 2 is 1.61 bits per heavy atom. The molecule has 1 N–H and O–H groups in total. The fourth-order valence-corrected chi connectivity index (χ4v) is 4.02. The Kier molecular flexibility index (Phi) is 6.06. The Morgan fingerprint density at radius 1 is 0.968 bits per heavy atom. The summed E-state index contributed by atoms with van der Waals surface area (Å²) in [6, 6.07) is 12.0. The van der Waals surface area contributed by atoms with Gasteiger partial charge in [0.05, 0.1) is 11.1 Å². The van der Waals surface area contributed by atoms with Gasteiger partial charge in [-0.25, -0.2) is 0 Å². The Bertz CT molecular complexity index is 965. The molecular weight excluding hydrogens is 396 g/mol. The maximum Gasteiger partial charge on any atom is 0.272 e. The molecule has 4 rings (SSSR count). The lowest BCUT2D eigenvalue weighted by Crippen LogP contribution is -2.46. The van der Waals surface area contributed by atoms with E-state index in [0.29, 0.717) is 49.2 Å². The first-order valence-electron chi connectivity index (χ1n) is 10.5. The van der Waals surface area contributed by atoms with E-state index in [0.717, 1.165) is 0 Å². The number of nitrogens with one attached hydrogen (secondary N) is 1. The molecule has 8 heteroatoms. The predicted octanol–water partition coefficient (Wildman–Crippen LogP) is 1.88. The number of fused-ring (bicyclic) bond motifs is 1. The summed E-state index contributed by atoms with van der Waals surface area (Å²) < 4.78 is 0. The van der Waals surface area contributed by atoms with Crippen molar-refractivity contribution in [3.05, 3.63) is 65.5 Å². The lowest BCUT2D eigenvalue weighted by molar-refractivity contribution is -0.122. The van der Waals surface area contributed by atoms with E-state index < -0.39 is 0 Å².